The number of nitrogens with zero attached hydrogens (tertiary/aromatic N) is 2. The molecule has 118 valence electrons. The molecule has 2 N–H and O–H groups in total. The number of guanidine groups is 1. The second-order valence-corrected chi connectivity index (χ2v) is 6.17. The summed E-state index contributed by atoms with van der Waals surface area (Å²) in [7, 11) is 0. The number of anilines is 1. The van der Waals surface area contributed by atoms with Gasteiger partial charge in [-0.3, -0.25) is 9.79 Å². The summed E-state index contributed by atoms with van der Waals surface area (Å²) >= 11 is 0. The van der Waals surface area contributed by atoms with Crippen molar-refractivity contribution in [1.82, 2.24) is 10.6 Å². The van der Waals surface area contributed by atoms with Gasteiger partial charge in [0.05, 0.1) is 6.04 Å². The van der Waals surface area contributed by atoms with Crippen molar-refractivity contribution in [2.45, 2.75) is 38.8 Å². The van der Waals surface area contributed by atoms with Gasteiger partial charge in [0.15, 0.2) is 5.96 Å². The number of carbonyl (C=O) groups excluding carboxylic acids is 1. The summed E-state index contributed by atoms with van der Waals surface area (Å²) in [5.74, 6) is 1.72. The van der Waals surface area contributed by atoms with Gasteiger partial charge in [-0.15, -0.1) is 0 Å². The molecule has 3 unspecified atom stereocenters. The molecule has 1 aliphatic carbocycles. The maximum Gasteiger partial charge on any atom is 0.229 e. The zero-order valence-electron chi connectivity index (χ0n) is 13.2. The van der Waals surface area contributed by atoms with Crippen molar-refractivity contribution in [2.24, 2.45) is 10.9 Å². The number of amides is 1. The Balaban J connectivity index is 1.61. The van der Waals surface area contributed by atoms with Crippen LogP contribution < -0.4 is 15.5 Å². The average molecular weight is 300 g/mol. The van der Waals surface area contributed by atoms with E-state index in [1.807, 2.05) is 42.2 Å². The maximum absolute atomic E-state index is 12.2. The second kappa shape index (κ2) is 6.38. The van der Waals surface area contributed by atoms with Gasteiger partial charge in [-0.25, -0.2) is 0 Å². The van der Waals surface area contributed by atoms with E-state index in [9.17, 15) is 4.79 Å². The summed E-state index contributed by atoms with van der Waals surface area (Å²) in [5, 5.41) is 6.86. The summed E-state index contributed by atoms with van der Waals surface area (Å²) in [6.07, 6.45) is 1.71. The molecular formula is C17H24N4O. The van der Waals surface area contributed by atoms with Gasteiger partial charge >= 0.3 is 0 Å². The molecule has 2 fully saturated rings. The fourth-order valence-corrected chi connectivity index (χ4v) is 2.84. The van der Waals surface area contributed by atoms with Gasteiger partial charge in [0.25, 0.3) is 0 Å². The lowest BCUT2D eigenvalue weighted by Gasteiger charge is -2.19. The van der Waals surface area contributed by atoms with Gasteiger partial charge in [0.2, 0.25) is 5.91 Å². The Kier molecular flexibility index (Phi) is 4.32. The number of carbonyl (C=O) groups is 1. The lowest BCUT2D eigenvalue weighted by molar-refractivity contribution is -0.117. The van der Waals surface area contributed by atoms with Crippen molar-refractivity contribution in [3.63, 3.8) is 0 Å². The summed E-state index contributed by atoms with van der Waals surface area (Å²) in [4.78, 5) is 18.6. The monoisotopic (exact) mass is 300 g/mol. The van der Waals surface area contributed by atoms with Crippen molar-refractivity contribution < 1.29 is 4.79 Å². The van der Waals surface area contributed by atoms with E-state index in [1.54, 1.807) is 0 Å². The second-order valence-electron chi connectivity index (χ2n) is 6.17. The molecule has 0 bridgehead atoms. The Morgan fingerprint density at radius 2 is 2.05 bits per heavy atom. The molecule has 3 rings (SSSR count). The van der Waals surface area contributed by atoms with E-state index in [1.165, 1.54) is 6.42 Å². The predicted molar refractivity (Wildman–Crippen MR) is 89.0 cm³/mol. The van der Waals surface area contributed by atoms with Crippen LogP contribution in [0.5, 0.6) is 0 Å². The minimum absolute atomic E-state index is 0.111. The molecule has 0 spiro atoms. The summed E-state index contributed by atoms with van der Waals surface area (Å²) in [6.45, 7) is 5.68. The first-order valence-electron chi connectivity index (χ1n) is 8.10. The van der Waals surface area contributed by atoms with Gasteiger partial charge in [-0.1, -0.05) is 25.1 Å². The molecule has 5 heteroatoms. The van der Waals surface area contributed by atoms with Crippen LogP contribution in [0.2, 0.25) is 0 Å². The first-order chi connectivity index (χ1) is 10.7. The highest BCUT2D eigenvalue weighted by Crippen LogP contribution is 2.29. The Labute approximate surface area is 131 Å². The molecular weight excluding hydrogens is 276 g/mol. The maximum atomic E-state index is 12.2. The zero-order chi connectivity index (χ0) is 15.5. The number of rotatable bonds is 4. The van der Waals surface area contributed by atoms with Crippen LogP contribution >= 0.6 is 0 Å². The minimum Gasteiger partial charge on any atom is -0.353 e. The van der Waals surface area contributed by atoms with E-state index in [0.717, 1.165) is 24.1 Å². The molecule has 1 heterocycles. The van der Waals surface area contributed by atoms with E-state index in [-0.39, 0.29) is 11.9 Å². The van der Waals surface area contributed by atoms with Crippen LogP contribution in [0, 0.1) is 5.92 Å². The van der Waals surface area contributed by atoms with Crippen LogP contribution in [0.3, 0.4) is 0 Å². The minimum atomic E-state index is 0.111. The average Bonchev–Trinajstić information content (AvgIpc) is 3.06. The van der Waals surface area contributed by atoms with Crippen LogP contribution in [0.15, 0.2) is 35.3 Å². The SMILES string of the molecule is CCN=C(NC1CC(=O)N(c2ccccc2)C1)NC1CC1C. The summed E-state index contributed by atoms with van der Waals surface area (Å²) < 4.78 is 0. The van der Waals surface area contributed by atoms with Gasteiger partial charge < -0.3 is 15.5 Å². The van der Waals surface area contributed by atoms with Crippen LogP contribution in [-0.4, -0.2) is 37.0 Å². The standard InChI is InChI=1S/C17H24N4O/c1-3-18-17(20-15-9-12(15)2)19-13-10-16(22)21(11-13)14-7-5-4-6-8-14/h4-8,12-13,15H,3,9-11H2,1-2H3,(H2,18,19,20). The van der Waals surface area contributed by atoms with Crippen LogP contribution in [-0.2, 0) is 4.79 Å². The molecule has 3 atom stereocenters. The molecule has 1 saturated heterocycles. The van der Waals surface area contributed by atoms with Gasteiger partial charge in [0.1, 0.15) is 0 Å². The first-order valence-corrected chi connectivity index (χ1v) is 8.10. The van der Waals surface area contributed by atoms with E-state index in [0.29, 0.717) is 19.0 Å². The van der Waals surface area contributed by atoms with Gasteiger partial charge in [-0.05, 0) is 31.4 Å². The van der Waals surface area contributed by atoms with Gasteiger partial charge in [-0.2, -0.15) is 0 Å². The molecule has 1 aromatic rings. The fourth-order valence-electron chi connectivity index (χ4n) is 2.84. The topological polar surface area (TPSA) is 56.7 Å². The van der Waals surface area contributed by atoms with Crippen molar-refractivity contribution >= 4 is 17.6 Å². The molecule has 0 radical (unpaired) electrons. The Hall–Kier alpha value is -2.04. The Morgan fingerprint density at radius 1 is 1.32 bits per heavy atom. The molecule has 5 nitrogen and oxygen atoms in total. The molecule has 1 aromatic carbocycles. The number of benzene rings is 1. The first kappa shape index (κ1) is 14.9. The van der Waals surface area contributed by atoms with Crippen LogP contribution in [0.4, 0.5) is 5.69 Å². The van der Waals surface area contributed by atoms with Gasteiger partial charge in [0, 0.05) is 31.2 Å². The van der Waals surface area contributed by atoms with Crippen molar-refractivity contribution in [3.8, 4) is 0 Å². The van der Waals surface area contributed by atoms with E-state index in [2.05, 4.69) is 22.5 Å². The number of hydrogen-bond acceptors (Lipinski definition) is 2. The van der Waals surface area contributed by atoms with Crippen molar-refractivity contribution in [3.05, 3.63) is 30.3 Å². The largest absolute Gasteiger partial charge is 0.353 e. The third-order valence-corrected chi connectivity index (χ3v) is 4.28. The third kappa shape index (κ3) is 3.40. The zero-order valence-corrected chi connectivity index (χ0v) is 13.2. The van der Waals surface area contributed by atoms with E-state index in [4.69, 9.17) is 0 Å². The summed E-state index contributed by atoms with van der Waals surface area (Å²) in [5.41, 5.74) is 0.967. The molecule has 22 heavy (non-hydrogen) atoms. The van der Waals surface area contributed by atoms with Crippen molar-refractivity contribution in [2.75, 3.05) is 18.0 Å². The Bertz CT molecular complexity index is 557. The molecule has 1 saturated carbocycles. The molecule has 1 amide bonds. The number of nitrogens with one attached hydrogen (secondary N) is 2. The molecule has 0 aromatic heterocycles. The van der Waals surface area contributed by atoms with E-state index >= 15 is 0 Å². The molecule has 1 aliphatic heterocycles. The highest BCUT2D eigenvalue weighted by atomic mass is 16.2. The lowest BCUT2D eigenvalue weighted by atomic mass is 10.2. The quantitative estimate of drug-likeness (QED) is 0.658. The van der Waals surface area contributed by atoms with Crippen molar-refractivity contribution in [1.29, 1.82) is 0 Å². The summed E-state index contributed by atoms with van der Waals surface area (Å²) in [6, 6.07) is 10.5. The lowest BCUT2D eigenvalue weighted by Crippen LogP contribution is -2.45. The Morgan fingerprint density at radius 3 is 2.68 bits per heavy atom. The number of hydrogen-bond donors (Lipinski definition) is 2. The highest BCUT2D eigenvalue weighted by molar-refractivity contribution is 5.97. The van der Waals surface area contributed by atoms with Crippen LogP contribution in [0.1, 0.15) is 26.7 Å². The smallest absolute Gasteiger partial charge is 0.229 e. The van der Waals surface area contributed by atoms with E-state index < -0.39 is 0 Å². The van der Waals surface area contributed by atoms with Crippen LogP contribution in [0.25, 0.3) is 0 Å². The number of aliphatic imine (C=N–C) groups is 1. The predicted octanol–water partition coefficient (Wildman–Crippen LogP) is 1.76. The highest BCUT2D eigenvalue weighted by Gasteiger charge is 2.35. The number of para-hydroxylation sites is 1. The third-order valence-electron chi connectivity index (χ3n) is 4.28. The molecule has 2 aliphatic rings. The fraction of sp³-hybridized carbons (Fsp3) is 0.529. The normalized spacial score (nSPS) is 27.9.